The van der Waals surface area contributed by atoms with Crippen molar-refractivity contribution < 1.29 is 9.47 Å². The topological polar surface area (TPSA) is 18.5 Å². The van der Waals surface area contributed by atoms with Gasteiger partial charge in [0.05, 0.1) is 19.3 Å². The lowest BCUT2D eigenvalue weighted by atomic mass is 9.95. The highest BCUT2D eigenvalue weighted by molar-refractivity contribution is 6.32. The zero-order chi connectivity index (χ0) is 11.2. The molecule has 3 heteroatoms. The summed E-state index contributed by atoms with van der Waals surface area (Å²) in [6.45, 7) is 2.33. The summed E-state index contributed by atoms with van der Waals surface area (Å²) in [5.41, 5.74) is 2.53. The number of hydrogen-bond acceptors (Lipinski definition) is 2. The summed E-state index contributed by atoms with van der Waals surface area (Å²) in [6.07, 6.45) is 3.94. The second-order valence-corrected chi connectivity index (χ2v) is 4.49. The molecule has 0 bridgehead atoms. The van der Waals surface area contributed by atoms with Gasteiger partial charge in [-0.25, -0.2) is 0 Å². The van der Waals surface area contributed by atoms with Crippen LogP contribution in [0.2, 0.25) is 0 Å². The number of benzene rings is 1. The van der Waals surface area contributed by atoms with Gasteiger partial charge < -0.3 is 9.47 Å². The Balaban J connectivity index is 1.69. The Morgan fingerprint density at radius 2 is 2.06 bits per heavy atom. The Morgan fingerprint density at radius 3 is 2.75 bits per heavy atom. The van der Waals surface area contributed by atoms with Crippen LogP contribution in [0.15, 0.2) is 24.3 Å². The molecule has 1 aliphatic rings. The first-order valence-electron chi connectivity index (χ1n) is 6.09. The van der Waals surface area contributed by atoms with Crippen molar-refractivity contribution in [3.05, 3.63) is 29.8 Å². The van der Waals surface area contributed by atoms with Crippen LogP contribution in [0.4, 0.5) is 0 Å². The van der Waals surface area contributed by atoms with Crippen LogP contribution in [-0.4, -0.2) is 27.2 Å². The summed E-state index contributed by atoms with van der Waals surface area (Å²) < 4.78 is 11.3. The van der Waals surface area contributed by atoms with Crippen molar-refractivity contribution >= 4 is 13.3 Å². The average Bonchev–Trinajstić information content (AvgIpc) is 2.33. The highest BCUT2D eigenvalue weighted by Gasteiger charge is 2.13. The maximum atomic E-state index is 5.67. The fourth-order valence-corrected chi connectivity index (χ4v) is 1.93. The Kier molecular flexibility index (Phi) is 4.43. The van der Waals surface area contributed by atoms with Crippen molar-refractivity contribution in [2.75, 3.05) is 13.2 Å². The van der Waals surface area contributed by atoms with Crippen molar-refractivity contribution in [2.45, 2.75) is 32.0 Å². The highest BCUT2D eigenvalue weighted by Crippen LogP contribution is 2.13. The van der Waals surface area contributed by atoms with Crippen LogP contribution in [0.1, 0.15) is 24.8 Å². The molecule has 0 N–H and O–H groups in total. The third-order valence-corrected chi connectivity index (χ3v) is 2.97. The molecule has 2 rings (SSSR count). The van der Waals surface area contributed by atoms with Gasteiger partial charge in [-0.3, -0.25) is 0 Å². The first-order valence-corrected chi connectivity index (χ1v) is 6.09. The van der Waals surface area contributed by atoms with E-state index in [1.807, 2.05) is 0 Å². The summed E-state index contributed by atoms with van der Waals surface area (Å²) in [7, 11) is 2.10. The molecule has 0 saturated carbocycles. The van der Waals surface area contributed by atoms with Gasteiger partial charge in [0.1, 0.15) is 7.85 Å². The third-order valence-electron chi connectivity index (χ3n) is 2.97. The lowest BCUT2D eigenvalue weighted by Crippen LogP contribution is -2.24. The van der Waals surface area contributed by atoms with E-state index in [0.29, 0.717) is 12.7 Å². The number of hydrogen-bond donors (Lipinski definition) is 0. The van der Waals surface area contributed by atoms with E-state index in [0.717, 1.165) is 19.6 Å². The molecule has 0 radical (unpaired) electrons. The Morgan fingerprint density at radius 1 is 1.25 bits per heavy atom. The van der Waals surface area contributed by atoms with E-state index in [1.165, 1.54) is 23.9 Å². The highest BCUT2D eigenvalue weighted by atomic mass is 16.5. The van der Waals surface area contributed by atoms with Crippen LogP contribution >= 0.6 is 0 Å². The summed E-state index contributed by atoms with van der Waals surface area (Å²) in [5.74, 6) is 0. The van der Waals surface area contributed by atoms with Gasteiger partial charge in [-0.15, -0.1) is 0 Å². The van der Waals surface area contributed by atoms with E-state index >= 15 is 0 Å². The summed E-state index contributed by atoms with van der Waals surface area (Å²) in [6, 6.07) is 8.49. The van der Waals surface area contributed by atoms with Crippen molar-refractivity contribution in [1.82, 2.24) is 0 Å². The van der Waals surface area contributed by atoms with Crippen LogP contribution < -0.4 is 5.46 Å². The molecule has 1 aromatic rings. The molecule has 1 atom stereocenters. The predicted octanol–water partition coefficient (Wildman–Crippen LogP) is 1.03. The largest absolute Gasteiger partial charge is 0.376 e. The SMILES string of the molecule is Bc1ccc(COCC2CCCCO2)cc1. The molecule has 0 spiro atoms. The molecule has 0 amide bonds. The molecular formula is C13H19BO2. The van der Waals surface area contributed by atoms with Crippen LogP contribution in [0, 0.1) is 0 Å². The molecule has 0 aromatic heterocycles. The predicted molar refractivity (Wildman–Crippen MR) is 67.9 cm³/mol. The molecule has 1 fully saturated rings. The van der Waals surface area contributed by atoms with E-state index in [4.69, 9.17) is 9.47 Å². The molecule has 1 aliphatic heterocycles. The molecular weight excluding hydrogens is 199 g/mol. The third kappa shape index (κ3) is 3.65. The van der Waals surface area contributed by atoms with E-state index in [9.17, 15) is 0 Å². The molecule has 1 heterocycles. The molecule has 1 unspecified atom stereocenters. The second kappa shape index (κ2) is 6.07. The van der Waals surface area contributed by atoms with E-state index < -0.39 is 0 Å². The van der Waals surface area contributed by atoms with Gasteiger partial charge in [0.15, 0.2) is 0 Å². The van der Waals surface area contributed by atoms with Gasteiger partial charge in [0.25, 0.3) is 0 Å². The normalized spacial score (nSPS) is 20.9. The average molecular weight is 218 g/mol. The van der Waals surface area contributed by atoms with Crippen molar-refractivity contribution in [2.24, 2.45) is 0 Å². The van der Waals surface area contributed by atoms with Gasteiger partial charge in [-0.05, 0) is 24.8 Å². The van der Waals surface area contributed by atoms with Crippen LogP contribution in [-0.2, 0) is 16.1 Å². The van der Waals surface area contributed by atoms with Crippen LogP contribution in [0.3, 0.4) is 0 Å². The zero-order valence-corrected chi connectivity index (χ0v) is 9.95. The maximum absolute atomic E-state index is 5.67. The summed E-state index contributed by atoms with van der Waals surface area (Å²) in [5, 5.41) is 0. The van der Waals surface area contributed by atoms with Crippen LogP contribution in [0.5, 0.6) is 0 Å². The van der Waals surface area contributed by atoms with Gasteiger partial charge in [-0.1, -0.05) is 29.7 Å². The smallest absolute Gasteiger partial charge is 0.139 e. The van der Waals surface area contributed by atoms with Gasteiger partial charge in [0.2, 0.25) is 0 Å². The molecule has 2 nitrogen and oxygen atoms in total. The van der Waals surface area contributed by atoms with E-state index in [2.05, 4.69) is 32.1 Å². The first-order chi connectivity index (χ1) is 7.84. The fourth-order valence-electron chi connectivity index (χ4n) is 1.93. The minimum atomic E-state index is 0.319. The lowest BCUT2D eigenvalue weighted by Gasteiger charge is -2.22. The molecule has 1 saturated heterocycles. The molecule has 0 aliphatic carbocycles. The summed E-state index contributed by atoms with van der Waals surface area (Å²) >= 11 is 0. The van der Waals surface area contributed by atoms with Gasteiger partial charge in [0, 0.05) is 6.61 Å². The molecule has 1 aromatic carbocycles. The van der Waals surface area contributed by atoms with Crippen LogP contribution in [0.25, 0.3) is 0 Å². The van der Waals surface area contributed by atoms with Crippen molar-refractivity contribution in [1.29, 1.82) is 0 Å². The van der Waals surface area contributed by atoms with Crippen molar-refractivity contribution in [3.63, 3.8) is 0 Å². The molecule has 86 valence electrons. The summed E-state index contributed by atoms with van der Waals surface area (Å²) in [4.78, 5) is 0. The maximum Gasteiger partial charge on any atom is 0.139 e. The quantitative estimate of drug-likeness (QED) is 0.703. The number of ether oxygens (including phenoxy) is 2. The van der Waals surface area contributed by atoms with Gasteiger partial charge >= 0.3 is 0 Å². The Labute approximate surface area is 98.4 Å². The van der Waals surface area contributed by atoms with E-state index in [1.54, 1.807) is 0 Å². The molecule has 16 heavy (non-hydrogen) atoms. The second-order valence-electron chi connectivity index (χ2n) is 4.49. The number of rotatable bonds is 4. The van der Waals surface area contributed by atoms with E-state index in [-0.39, 0.29) is 0 Å². The standard InChI is InChI=1S/C13H19BO2/c14-12-6-4-11(5-7-12)9-15-10-13-3-1-2-8-16-13/h4-7,13H,1-3,8-10,14H2. The van der Waals surface area contributed by atoms with Gasteiger partial charge in [-0.2, -0.15) is 0 Å². The van der Waals surface area contributed by atoms with Crippen molar-refractivity contribution in [3.8, 4) is 0 Å². The minimum absolute atomic E-state index is 0.319. The minimum Gasteiger partial charge on any atom is -0.376 e. The monoisotopic (exact) mass is 218 g/mol. The lowest BCUT2D eigenvalue weighted by molar-refractivity contribution is -0.0447. The Hall–Kier alpha value is -0.795. The zero-order valence-electron chi connectivity index (χ0n) is 9.95. The fraction of sp³-hybridized carbons (Fsp3) is 0.538. The first kappa shape index (κ1) is 11.7. The Bertz CT molecular complexity index is 304.